The fourth-order valence-electron chi connectivity index (χ4n) is 7.92. The summed E-state index contributed by atoms with van der Waals surface area (Å²) in [6, 6.07) is 14.2. The molecule has 322 valence electrons. The van der Waals surface area contributed by atoms with Gasteiger partial charge in [-0.1, -0.05) is 70.7 Å². The van der Waals surface area contributed by atoms with Gasteiger partial charge in [-0.25, -0.2) is 14.8 Å². The summed E-state index contributed by atoms with van der Waals surface area (Å²) in [4.78, 5) is 85.9. The van der Waals surface area contributed by atoms with E-state index in [1.807, 2.05) is 83.1 Å². The molecule has 4 amide bonds. The van der Waals surface area contributed by atoms with Gasteiger partial charge in [0.15, 0.2) is 0 Å². The van der Waals surface area contributed by atoms with Crippen LogP contribution in [0.3, 0.4) is 0 Å². The lowest BCUT2D eigenvalue weighted by Gasteiger charge is -2.42. The molecule has 15 heteroatoms. The number of nitrogens with zero attached hydrogens (tertiary/aromatic N) is 5. The summed E-state index contributed by atoms with van der Waals surface area (Å²) in [6.45, 7) is 11.1. The van der Waals surface area contributed by atoms with Crippen LogP contribution in [-0.2, 0) is 28.7 Å². The minimum absolute atomic E-state index is 0.00829. The van der Waals surface area contributed by atoms with Gasteiger partial charge in [-0.3, -0.25) is 19.2 Å². The van der Waals surface area contributed by atoms with E-state index in [-0.39, 0.29) is 42.0 Å². The Morgan fingerprint density at radius 3 is 1.82 bits per heavy atom. The predicted octanol–water partition coefficient (Wildman–Crippen LogP) is 5.87. The van der Waals surface area contributed by atoms with Crippen LogP contribution in [-0.4, -0.2) is 111 Å². The van der Waals surface area contributed by atoms with E-state index in [1.165, 1.54) is 14.2 Å². The van der Waals surface area contributed by atoms with Crippen LogP contribution in [0.4, 0.5) is 4.79 Å². The van der Waals surface area contributed by atoms with Crippen LogP contribution < -0.4 is 5.32 Å². The van der Waals surface area contributed by atoms with Crippen molar-refractivity contribution < 1.29 is 33.4 Å². The first-order valence-corrected chi connectivity index (χ1v) is 20.9. The first-order valence-electron chi connectivity index (χ1n) is 20.9. The van der Waals surface area contributed by atoms with Crippen molar-refractivity contribution in [3.05, 3.63) is 83.7 Å². The molecular weight excluding hydrogens is 777 g/mol. The van der Waals surface area contributed by atoms with Crippen molar-refractivity contribution in [1.82, 2.24) is 40.0 Å². The van der Waals surface area contributed by atoms with Crippen molar-refractivity contribution >= 4 is 29.8 Å². The number of nitrogens with one attached hydrogen (secondary N) is 3. The second kappa shape index (κ2) is 19.8. The molecule has 0 unspecified atom stereocenters. The van der Waals surface area contributed by atoms with Crippen molar-refractivity contribution in [2.45, 2.75) is 78.4 Å². The summed E-state index contributed by atoms with van der Waals surface area (Å²) < 4.78 is 9.64. The molecule has 2 aliphatic heterocycles. The Morgan fingerprint density at radius 1 is 0.754 bits per heavy atom. The van der Waals surface area contributed by atoms with Gasteiger partial charge in [0.2, 0.25) is 17.7 Å². The number of carbonyl (C=O) groups excluding carboxylic acids is 5. The smallest absolute Gasteiger partial charge is 0.407 e. The van der Waals surface area contributed by atoms with Gasteiger partial charge in [-0.2, -0.15) is 0 Å². The molecule has 0 aliphatic carbocycles. The predicted molar refractivity (Wildman–Crippen MR) is 228 cm³/mol. The molecular formula is C46H56N8O7. The Labute approximate surface area is 357 Å². The Balaban J connectivity index is 1.12. The summed E-state index contributed by atoms with van der Waals surface area (Å²) in [7, 11) is 2.60. The lowest BCUT2D eigenvalue weighted by molar-refractivity contribution is -0.152. The molecule has 6 rings (SSSR count). The molecule has 0 radical (unpaired) electrons. The van der Waals surface area contributed by atoms with E-state index in [9.17, 15) is 24.0 Å². The number of hydrogen-bond donors (Lipinski definition) is 3. The average molecular weight is 833 g/mol. The first-order chi connectivity index (χ1) is 29.3. The number of aromatic amines is 2. The number of likely N-dealkylation sites (tertiary alicyclic amines) is 1. The van der Waals surface area contributed by atoms with Gasteiger partial charge in [0, 0.05) is 43.7 Å². The van der Waals surface area contributed by atoms with Crippen LogP contribution in [0.5, 0.6) is 0 Å². The monoisotopic (exact) mass is 832 g/mol. The summed E-state index contributed by atoms with van der Waals surface area (Å²) >= 11 is 0. The zero-order valence-corrected chi connectivity index (χ0v) is 36.0. The number of esters is 1. The van der Waals surface area contributed by atoms with Crippen LogP contribution >= 0.6 is 0 Å². The first kappa shape index (κ1) is 44.1. The zero-order valence-electron chi connectivity index (χ0n) is 36.0. The standard InChI is InChI=1S/C46H56N8O7/c1-8-39(55)52-22-23-54(44(57)34(28(2)3)24-40(56)60-6)38(27-52)43-48-26-36(50-43)33-19-15-31(16-20-33)12-11-30-13-17-32(18-14-30)35-25-47-42(49-35)37-10-9-21-53(37)45(58)41(29(4)5)51-46(59)61-7/h13-20,25-26,28-29,34,37-38,41H,8-10,21-24,27H2,1-7H3,(H,47,49)(H,48,50)(H,51,59)/t34-,37-,38-,41-/m0/s1. The normalized spacial score (nSPS) is 17.4. The Kier molecular flexibility index (Phi) is 14.3. The number of alkyl carbamates (subject to hydrolysis) is 1. The van der Waals surface area contributed by atoms with Gasteiger partial charge in [0.05, 0.1) is 56.4 Å². The fraction of sp³-hybridized carbons (Fsp3) is 0.457. The quantitative estimate of drug-likeness (QED) is 0.116. The highest BCUT2D eigenvalue weighted by molar-refractivity contribution is 5.87. The number of ether oxygens (including phenoxy) is 2. The maximum Gasteiger partial charge on any atom is 0.407 e. The number of H-pyrrole nitrogens is 2. The van der Waals surface area contributed by atoms with E-state index in [0.717, 1.165) is 46.5 Å². The van der Waals surface area contributed by atoms with Crippen molar-refractivity contribution in [3.8, 4) is 34.4 Å². The number of piperazine rings is 1. The van der Waals surface area contributed by atoms with Gasteiger partial charge in [-0.05, 0) is 60.1 Å². The summed E-state index contributed by atoms with van der Waals surface area (Å²) in [5, 5.41) is 2.68. The summed E-state index contributed by atoms with van der Waals surface area (Å²) in [5.41, 5.74) is 5.07. The largest absolute Gasteiger partial charge is 0.469 e. The van der Waals surface area contributed by atoms with Crippen molar-refractivity contribution in [1.29, 1.82) is 0 Å². The van der Waals surface area contributed by atoms with Crippen LogP contribution in [0.1, 0.15) is 95.2 Å². The van der Waals surface area contributed by atoms with E-state index in [4.69, 9.17) is 9.47 Å². The van der Waals surface area contributed by atoms with Crippen molar-refractivity contribution in [3.63, 3.8) is 0 Å². The minimum Gasteiger partial charge on any atom is -0.469 e. The highest BCUT2D eigenvalue weighted by Crippen LogP contribution is 2.34. The molecule has 2 aromatic heterocycles. The maximum absolute atomic E-state index is 14.0. The van der Waals surface area contributed by atoms with Gasteiger partial charge in [-0.15, -0.1) is 0 Å². The number of hydrogen-bond acceptors (Lipinski definition) is 9. The Bertz CT molecular complexity index is 2250. The highest BCUT2D eigenvalue weighted by atomic mass is 16.5. The van der Waals surface area contributed by atoms with Gasteiger partial charge < -0.3 is 39.5 Å². The van der Waals surface area contributed by atoms with Gasteiger partial charge >= 0.3 is 12.1 Å². The van der Waals surface area contributed by atoms with Gasteiger partial charge in [0.1, 0.15) is 23.7 Å². The topological polar surface area (TPSA) is 183 Å². The third-order valence-corrected chi connectivity index (χ3v) is 11.5. The molecule has 2 aliphatic rings. The number of imidazole rings is 2. The molecule has 61 heavy (non-hydrogen) atoms. The van der Waals surface area contributed by atoms with Crippen LogP contribution in [0.2, 0.25) is 0 Å². The van der Waals surface area contributed by atoms with Gasteiger partial charge in [0.25, 0.3) is 0 Å². The number of benzene rings is 2. The number of methoxy groups -OCH3 is 2. The zero-order chi connectivity index (χ0) is 43.8. The van der Waals surface area contributed by atoms with Crippen molar-refractivity contribution in [2.24, 2.45) is 17.8 Å². The summed E-state index contributed by atoms with van der Waals surface area (Å²) in [6.07, 6.45) is 4.81. The molecule has 2 fully saturated rings. The molecule has 2 saturated heterocycles. The van der Waals surface area contributed by atoms with E-state index >= 15 is 0 Å². The molecule has 0 spiro atoms. The molecule has 4 heterocycles. The number of aromatic nitrogens is 4. The van der Waals surface area contributed by atoms with Crippen molar-refractivity contribution in [2.75, 3.05) is 40.4 Å². The number of rotatable bonds is 12. The Morgan fingerprint density at radius 2 is 1.31 bits per heavy atom. The molecule has 4 aromatic rings. The van der Waals surface area contributed by atoms with Crippen LogP contribution in [0, 0.1) is 29.6 Å². The SMILES string of the molecule is CCC(=O)N1CCN(C(=O)[C@@H](CC(=O)OC)C(C)C)[C@H](c2ncc(-c3ccc(C#Cc4ccc(-c5cnc([C@@H]6CCCN6C(=O)[C@@H](NC(=O)OC)C(C)C)[nH]5)cc4)cc3)[nH]2)C1. The molecule has 0 saturated carbocycles. The third-order valence-electron chi connectivity index (χ3n) is 11.5. The molecule has 0 bridgehead atoms. The molecule has 3 N–H and O–H groups in total. The Hall–Kier alpha value is -6.43. The van der Waals surface area contributed by atoms with E-state index in [0.29, 0.717) is 44.2 Å². The van der Waals surface area contributed by atoms with E-state index < -0.39 is 30.1 Å². The van der Waals surface area contributed by atoms with Crippen LogP contribution in [0.15, 0.2) is 60.9 Å². The van der Waals surface area contributed by atoms with Crippen LogP contribution in [0.25, 0.3) is 22.5 Å². The lowest BCUT2D eigenvalue weighted by atomic mass is 9.90. The minimum atomic E-state index is -0.700. The summed E-state index contributed by atoms with van der Waals surface area (Å²) in [5.74, 6) is 6.23. The average Bonchev–Trinajstić information content (AvgIpc) is 4.08. The third kappa shape index (κ3) is 10.3. The molecule has 2 aromatic carbocycles. The second-order valence-corrected chi connectivity index (χ2v) is 16.2. The number of amides is 4. The maximum atomic E-state index is 14.0. The second-order valence-electron chi connectivity index (χ2n) is 16.2. The number of carbonyl (C=O) groups is 5. The highest BCUT2D eigenvalue weighted by Gasteiger charge is 2.40. The fourth-order valence-corrected chi connectivity index (χ4v) is 7.92. The molecule has 4 atom stereocenters. The molecule has 15 nitrogen and oxygen atoms in total. The lowest BCUT2D eigenvalue weighted by Crippen LogP contribution is -2.54. The van der Waals surface area contributed by atoms with E-state index in [2.05, 4.69) is 37.1 Å². The van der Waals surface area contributed by atoms with E-state index in [1.54, 1.807) is 27.1 Å².